The molecule has 186 valence electrons. The van der Waals surface area contributed by atoms with Crippen molar-refractivity contribution >= 4 is 11.8 Å². The lowest BCUT2D eigenvalue weighted by Gasteiger charge is -2.44. The number of piperidine rings is 1. The fourth-order valence-electron chi connectivity index (χ4n) is 5.42. The standard InChI is InChI=1S/C30H31FN2O3/c1-20-15-17-32(18-16-20)30(35)27-25-5-3-4-6-26(25)29(34)33(19-21-7-11-23(31)12-8-21)28(27)22-9-13-24(36-2)14-10-22/h3-14,20,27-28H,15-19H2,1-2H3. The predicted molar refractivity (Wildman–Crippen MR) is 136 cm³/mol. The largest absolute Gasteiger partial charge is 0.497 e. The lowest BCUT2D eigenvalue weighted by Crippen LogP contribution is -2.49. The first-order valence-electron chi connectivity index (χ1n) is 12.5. The Balaban J connectivity index is 1.62. The van der Waals surface area contributed by atoms with Crippen molar-refractivity contribution in [2.24, 2.45) is 5.92 Å². The number of fused-ring (bicyclic) bond motifs is 1. The third-order valence-corrected chi connectivity index (χ3v) is 7.52. The number of carbonyl (C=O) groups is 2. The molecule has 2 atom stereocenters. The van der Waals surface area contributed by atoms with E-state index >= 15 is 0 Å². The second-order valence-electron chi connectivity index (χ2n) is 9.85. The van der Waals surface area contributed by atoms with E-state index in [0.29, 0.717) is 17.2 Å². The van der Waals surface area contributed by atoms with Crippen LogP contribution in [0.2, 0.25) is 0 Å². The molecule has 2 heterocycles. The van der Waals surface area contributed by atoms with E-state index in [0.717, 1.165) is 42.6 Å². The van der Waals surface area contributed by atoms with Crippen LogP contribution >= 0.6 is 0 Å². The van der Waals surface area contributed by atoms with E-state index in [1.165, 1.54) is 12.1 Å². The summed E-state index contributed by atoms with van der Waals surface area (Å²) in [5.41, 5.74) is 2.99. The normalized spacial score (nSPS) is 20.2. The van der Waals surface area contributed by atoms with Gasteiger partial charge in [0.1, 0.15) is 11.6 Å². The Hall–Kier alpha value is -3.67. The number of rotatable bonds is 5. The summed E-state index contributed by atoms with van der Waals surface area (Å²) in [6, 6.07) is 20.7. The van der Waals surface area contributed by atoms with Crippen molar-refractivity contribution in [3.05, 3.63) is 101 Å². The topological polar surface area (TPSA) is 49.9 Å². The van der Waals surface area contributed by atoms with Crippen molar-refractivity contribution in [3.63, 3.8) is 0 Å². The van der Waals surface area contributed by atoms with Gasteiger partial charge >= 0.3 is 0 Å². The zero-order chi connectivity index (χ0) is 25.2. The van der Waals surface area contributed by atoms with Crippen LogP contribution in [0, 0.1) is 11.7 Å². The molecule has 0 saturated carbocycles. The predicted octanol–water partition coefficient (Wildman–Crippen LogP) is 5.57. The van der Waals surface area contributed by atoms with Gasteiger partial charge in [0.15, 0.2) is 0 Å². The Kier molecular flexibility index (Phi) is 6.77. The molecular formula is C30H31FN2O3. The Bertz CT molecular complexity index is 1230. The van der Waals surface area contributed by atoms with Crippen LogP contribution in [0.4, 0.5) is 4.39 Å². The summed E-state index contributed by atoms with van der Waals surface area (Å²) in [5, 5.41) is 0. The minimum Gasteiger partial charge on any atom is -0.497 e. The summed E-state index contributed by atoms with van der Waals surface area (Å²) in [6.45, 7) is 3.94. The summed E-state index contributed by atoms with van der Waals surface area (Å²) < 4.78 is 19.0. The molecule has 0 radical (unpaired) electrons. The van der Waals surface area contributed by atoms with E-state index in [9.17, 15) is 14.0 Å². The maximum Gasteiger partial charge on any atom is 0.255 e. The summed E-state index contributed by atoms with van der Waals surface area (Å²) in [4.78, 5) is 31.8. The highest BCUT2D eigenvalue weighted by Gasteiger charge is 2.45. The molecular weight excluding hydrogens is 455 g/mol. The van der Waals surface area contributed by atoms with Crippen LogP contribution in [0.5, 0.6) is 5.75 Å². The minimum atomic E-state index is -0.541. The van der Waals surface area contributed by atoms with Crippen LogP contribution in [0.1, 0.15) is 58.8 Å². The smallest absolute Gasteiger partial charge is 0.255 e. The van der Waals surface area contributed by atoms with Crippen molar-refractivity contribution in [1.82, 2.24) is 9.80 Å². The molecule has 2 aliphatic heterocycles. The van der Waals surface area contributed by atoms with Crippen LogP contribution in [0.25, 0.3) is 0 Å². The van der Waals surface area contributed by atoms with E-state index in [1.807, 2.05) is 47.4 Å². The molecule has 36 heavy (non-hydrogen) atoms. The fraction of sp³-hybridized carbons (Fsp3) is 0.333. The van der Waals surface area contributed by atoms with Gasteiger partial charge in [0.2, 0.25) is 5.91 Å². The lowest BCUT2D eigenvalue weighted by molar-refractivity contribution is -0.136. The second-order valence-corrected chi connectivity index (χ2v) is 9.85. The summed E-state index contributed by atoms with van der Waals surface area (Å²) in [6.07, 6.45) is 1.96. The zero-order valence-corrected chi connectivity index (χ0v) is 20.7. The molecule has 1 saturated heterocycles. The molecule has 2 unspecified atom stereocenters. The van der Waals surface area contributed by atoms with Crippen molar-refractivity contribution in [1.29, 1.82) is 0 Å². The van der Waals surface area contributed by atoms with Gasteiger partial charge in [-0.1, -0.05) is 49.4 Å². The van der Waals surface area contributed by atoms with Crippen LogP contribution in [0.15, 0.2) is 72.8 Å². The van der Waals surface area contributed by atoms with Crippen LogP contribution in [-0.4, -0.2) is 41.8 Å². The van der Waals surface area contributed by atoms with Gasteiger partial charge in [-0.05, 0) is 65.8 Å². The van der Waals surface area contributed by atoms with E-state index < -0.39 is 12.0 Å². The third-order valence-electron chi connectivity index (χ3n) is 7.52. The van der Waals surface area contributed by atoms with Crippen molar-refractivity contribution in [3.8, 4) is 5.75 Å². The maximum absolute atomic E-state index is 14.2. The molecule has 0 aromatic heterocycles. The molecule has 3 aromatic rings. The molecule has 3 aromatic carbocycles. The number of hydrogen-bond donors (Lipinski definition) is 0. The Morgan fingerprint density at radius 3 is 2.31 bits per heavy atom. The molecule has 2 aliphatic rings. The minimum absolute atomic E-state index is 0.0479. The molecule has 0 aliphatic carbocycles. The van der Waals surface area contributed by atoms with Crippen molar-refractivity contribution < 1.29 is 18.7 Å². The van der Waals surface area contributed by atoms with Gasteiger partial charge in [0, 0.05) is 25.2 Å². The molecule has 0 N–H and O–H groups in total. The Morgan fingerprint density at radius 2 is 1.64 bits per heavy atom. The average Bonchev–Trinajstić information content (AvgIpc) is 2.91. The van der Waals surface area contributed by atoms with Gasteiger partial charge in [-0.2, -0.15) is 0 Å². The van der Waals surface area contributed by atoms with Gasteiger partial charge in [0.25, 0.3) is 5.91 Å². The van der Waals surface area contributed by atoms with Crippen LogP contribution < -0.4 is 4.74 Å². The fourth-order valence-corrected chi connectivity index (χ4v) is 5.42. The first kappa shape index (κ1) is 24.0. The van der Waals surface area contributed by atoms with Gasteiger partial charge < -0.3 is 14.5 Å². The number of nitrogens with zero attached hydrogens (tertiary/aromatic N) is 2. The Morgan fingerprint density at radius 1 is 0.972 bits per heavy atom. The molecule has 5 rings (SSSR count). The number of likely N-dealkylation sites (tertiary alicyclic amines) is 1. The SMILES string of the molecule is COc1ccc(C2C(C(=O)N3CCC(C)CC3)c3ccccc3C(=O)N2Cc2ccc(F)cc2)cc1. The number of amides is 2. The number of carbonyl (C=O) groups excluding carboxylic acids is 2. The molecule has 2 amide bonds. The van der Waals surface area contributed by atoms with E-state index in [-0.39, 0.29) is 24.2 Å². The highest BCUT2D eigenvalue weighted by molar-refractivity contribution is 6.01. The number of methoxy groups -OCH3 is 1. The number of ether oxygens (including phenoxy) is 1. The first-order valence-corrected chi connectivity index (χ1v) is 12.5. The monoisotopic (exact) mass is 486 g/mol. The van der Waals surface area contributed by atoms with Crippen LogP contribution in [0.3, 0.4) is 0 Å². The number of halogens is 1. The second kappa shape index (κ2) is 10.1. The number of benzene rings is 3. The quantitative estimate of drug-likeness (QED) is 0.474. The summed E-state index contributed by atoms with van der Waals surface area (Å²) >= 11 is 0. The molecule has 5 nitrogen and oxygen atoms in total. The Labute approximate surface area is 211 Å². The average molecular weight is 487 g/mol. The van der Waals surface area contributed by atoms with Gasteiger partial charge in [0.05, 0.1) is 19.1 Å². The van der Waals surface area contributed by atoms with Crippen molar-refractivity contribution in [2.45, 2.75) is 38.3 Å². The van der Waals surface area contributed by atoms with Crippen molar-refractivity contribution in [2.75, 3.05) is 20.2 Å². The zero-order valence-electron chi connectivity index (χ0n) is 20.7. The van der Waals surface area contributed by atoms with Gasteiger partial charge in [-0.15, -0.1) is 0 Å². The van der Waals surface area contributed by atoms with Crippen LogP contribution in [-0.2, 0) is 11.3 Å². The highest BCUT2D eigenvalue weighted by Crippen LogP contribution is 2.45. The summed E-state index contributed by atoms with van der Waals surface area (Å²) in [5.74, 6) is 0.356. The molecule has 0 spiro atoms. The first-order chi connectivity index (χ1) is 17.5. The number of hydrogen-bond acceptors (Lipinski definition) is 3. The van der Waals surface area contributed by atoms with E-state index in [2.05, 4.69) is 6.92 Å². The van der Waals surface area contributed by atoms with Gasteiger partial charge in [-0.25, -0.2) is 4.39 Å². The maximum atomic E-state index is 14.2. The molecule has 6 heteroatoms. The lowest BCUT2D eigenvalue weighted by atomic mass is 9.78. The van der Waals surface area contributed by atoms with E-state index in [4.69, 9.17) is 4.74 Å². The molecule has 0 bridgehead atoms. The molecule has 1 fully saturated rings. The summed E-state index contributed by atoms with van der Waals surface area (Å²) in [7, 11) is 1.61. The highest BCUT2D eigenvalue weighted by atomic mass is 19.1. The third kappa shape index (κ3) is 4.60. The van der Waals surface area contributed by atoms with Gasteiger partial charge in [-0.3, -0.25) is 9.59 Å². The van der Waals surface area contributed by atoms with E-state index in [1.54, 1.807) is 30.2 Å².